The summed E-state index contributed by atoms with van der Waals surface area (Å²) in [6.07, 6.45) is 0. The van der Waals surface area contributed by atoms with Crippen molar-refractivity contribution in [2.75, 3.05) is 4.90 Å². The van der Waals surface area contributed by atoms with Crippen molar-refractivity contribution in [3.05, 3.63) is 156 Å². The van der Waals surface area contributed by atoms with Gasteiger partial charge in [-0.05, 0) is 89.3 Å². The zero-order valence-corrected chi connectivity index (χ0v) is 24.4. The summed E-state index contributed by atoms with van der Waals surface area (Å²) in [6, 6.07) is 45.4. The third kappa shape index (κ3) is 4.08. The molecule has 8 rings (SSSR count). The Bertz CT molecular complexity index is 2380. The van der Waals surface area contributed by atoms with Crippen LogP contribution in [0.15, 0.2) is 133 Å². The minimum atomic E-state index is -0.339. The number of aromatic nitrogens is 1. The molecule has 0 saturated carbocycles. The van der Waals surface area contributed by atoms with Gasteiger partial charge in [-0.15, -0.1) is 0 Å². The van der Waals surface area contributed by atoms with Gasteiger partial charge in [0.1, 0.15) is 0 Å². The van der Waals surface area contributed by atoms with E-state index in [1.807, 2.05) is 110 Å². The van der Waals surface area contributed by atoms with Crippen molar-refractivity contribution in [2.24, 2.45) is 0 Å². The highest BCUT2D eigenvalue weighted by Crippen LogP contribution is 2.39. The van der Waals surface area contributed by atoms with Crippen molar-refractivity contribution in [2.45, 2.75) is 6.92 Å². The minimum absolute atomic E-state index is 0.330. The van der Waals surface area contributed by atoms with Gasteiger partial charge in [-0.2, -0.15) is 5.26 Å². The molecule has 1 aliphatic rings. The Morgan fingerprint density at radius 1 is 0.578 bits per heavy atom. The number of benzene rings is 6. The van der Waals surface area contributed by atoms with Gasteiger partial charge >= 0.3 is 0 Å². The quantitative estimate of drug-likeness (QED) is 0.195. The second-order valence-electron chi connectivity index (χ2n) is 11.3. The first-order chi connectivity index (χ1) is 22.0. The maximum atomic E-state index is 14.1. The Hall–Kier alpha value is -6.25. The molecule has 0 unspecified atom stereocenters. The summed E-state index contributed by atoms with van der Waals surface area (Å²) in [5.74, 6) is -0.669. The Morgan fingerprint density at radius 2 is 1.29 bits per heavy atom. The van der Waals surface area contributed by atoms with E-state index in [0.717, 1.165) is 49.6 Å². The molecule has 212 valence electrons. The van der Waals surface area contributed by atoms with Gasteiger partial charge in [0.25, 0.3) is 11.8 Å². The number of aryl methyl sites for hydroxylation is 1. The largest absolute Gasteiger partial charge is 0.308 e. The number of imide groups is 1. The second kappa shape index (κ2) is 10.2. The molecule has 0 atom stereocenters. The number of carbonyl (C=O) groups excluding carboxylic acids is 2. The fourth-order valence-electron chi connectivity index (χ4n) is 6.58. The smallest absolute Gasteiger partial charge is 0.268 e. The molecule has 0 aliphatic carbocycles. The fourth-order valence-corrected chi connectivity index (χ4v) is 6.58. The molecule has 0 fully saturated rings. The monoisotopic (exact) mass is 579 g/mol. The van der Waals surface area contributed by atoms with Crippen LogP contribution in [0.5, 0.6) is 0 Å². The Kier molecular flexibility index (Phi) is 5.97. The van der Waals surface area contributed by atoms with Crippen LogP contribution >= 0.6 is 0 Å². The number of amides is 2. The number of rotatable bonds is 4. The molecule has 1 aliphatic heterocycles. The van der Waals surface area contributed by atoms with Crippen LogP contribution in [0.3, 0.4) is 0 Å². The molecule has 5 heteroatoms. The van der Waals surface area contributed by atoms with E-state index in [0.29, 0.717) is 28.1 Å². The van der Waals surface area contributed by atoms with E-state index in [1.165, 1.54) is 4.90 Å². The molecule has 7 aromatic rings. The van der Waals surface area contributed by atoms with Gasteiger partial charge in [-0.25, -0.2) is 4.90 Å². The Balaban J connectivity index is 1.26. The number of nitrogens with zero attached hydrogens (tertiary/aromatic N) is 3. The number of hydrogen-bond donors (Lipinski definition) is 0. The van der Waals surface area contributed by atoms with Gasteiger partial charge in [-0.1, -0.05) is 78.9 Å². The van der Waals surface area contributed by atoms with E-state index in [1.54, 1.807) is 6.07 Å². The summed E-state index contributed by atoms with van der Waals surface area (Å²) < 4.78 is 2.09. The zero-order valence-electron chi connectivity index (χ0n) is 24.4. The first-order valence-corrected chi connectivity index (χ1v) is 14.8. The molecule has 5 nitrogen and oxygen atoms in total. The normalized spacial score (nSPS) is 12.6. The highest BCUT2D eigenvalue weighted by molar-refractivity contribution is 6.35. The van der Waals surface area contributed by atoms with Gasteiger partial charge in [0.15, 0.2) is 0 Å². The standard InChI is InChI=1S/C40H25N3O2/c1-25-22-26(24-41)14-20-31(25)29-17-21-36-34(23-29)32-10-5-6-12-35(32)43(36)37-13-7-11-33-38(37)40(45)42(39(33)44)30-18-15-28(16-19-30)27-8-3-2-4-9-27/h2-23H,1H3. The summed E-state index contributed by atoms with van der Waals surface area (Å²) in [5.41, 5.74) is 9.71. The fraction of sp³-hybridized carbons (Fsp3) is 0.0250. The molecule has 2 heterocycles. The van der Waals surface area contributed by atoms with Gasteiger partial charge in [0.05, 0.1) is 45.2 Å². The highest BCUT2D eigenvalue weighted by atomic mass is 16.2. The molecule has 0 radical (unpaired) electrons. The van der Waals surface area contributed by atoms with Crippen molar-refractivity contribution in [1.29, 1.82) is 5.26 Å². The van der Waals surface area contributed by atoms with E-state index in [9.17, 15) is 14.9 Å². The maximum Gasteiger partial charge on any atom is 0.268 e. The average molecular weight is 580 g/mol. The van der Waals surface area contributed by atoms with E-state index in [2.05, 4.69) is 34.9 Å². The number of hydrogen-bond acceptors (Lipinski definition) is 3. The van der Waals surface area contributed by atoms with Crippen molar-refractivity contribution < 1.29 is 9.59 Å². The lowest BCUT2D eigenvalue weighted by atomic mass is 9.97. The van der Waals surface area contributed by atoms with Crippen LogP contribution in [-0.2, 0) is 0 Å². The predicted molar refractivity (Wildman–Crippen MR) is 179 cm³/mol. The number of anilines is 1. The molecule has 0 N–H and O–H groups in total. The van der Waals surface area contributed by atoms with Crippen LogP contribution in [0.25, 0.3) is 49.7 Å². The molecule has 0 bridgehead atoms. The van der Waals surface area contributed by atoms with Crippen molar-refractivity contribution in [3.63, 3.8) is 0 Å². The third-order valence-electron chi connectivity index (χ3n) is 8.71. The summed E-state index contributed by atoms with van der Waals surface area (Å²) in [7, 11) is 0. The second-order valence-corrected chi connectivity index (χ2v) is 11.3. The van der Waals surface area contributed by atoms with E-state index < -0.39 is 0 Å². The molecular formula is C40H25N3O2. The average Bonchev–Trinajstić information content (AvgIpc) is 3.55. The number of carbonyl (C=O) groups is 2. The molecular weight excluding hydrogens is 554 g/mol. The molecule has 0 spiro atoms. The summed E-state index contributed by atoms with van der Waals surface area (Å²) in [5, 5.41) is 11.4. The Labute approximate surface area is 259 Å². The summed E-state index contributed by atoms with van der Waals surface area (Å²) in [6.45, 7) is 2.01. The number of fused-ring (bicyclic) bond motifs is 4. The topological polar surface area (TPSA) is 66.1 Å². The first-order valence-electron chi connectivity index (χ1n) is 14.8. The minimum Gasteiger partial charge on any atom is -0.308 e. The van der Waals surface area contributed by atoms with Crippen LogP contribution in [0.4, 0.5) is 5.69 Å². The van der Waals surface area contributed by atoms with E-state index in [4.69, 9.17) is 0 Å². The van der Waals surface area contributed by atoms with Crippen molar-refractivity contribution in [1.82, 2.24) is 4.57 Å². The van der Waals surface area contributed by atoms with Gasteiger partial charge < -0.3 is 4.57 Å². The van der Waals surface area contributed by atoms with Crippen LogP contribution in [0, 0.1) is 18.3 Å². The molecule has 1 aromatic heterocycles. The molecule has 6 aromatic carbocycles. The van der Waals surface area contributed by atoms with E-state index in [-0.39, 0.29) is 11.8 Å². The van der Waals surface area contributed by atoms with Crippen molar-refractivity contribution >= 4 is 39.3 Å². The van der Waals surface area contributed by atoms with Gasteiger partial charge in [-0.3, -0.25) is 9.59 Å². The van der Waals surface area contributed by atoms with Crippen molar-refractivity contribution in [3.8, 4) is 34.0 Å². The zero-order chi connectivity index (χ0) is 30.7. The highest BCUT2D eigenvalue weighted by Gasteiger charge is 2.39. The number of nitriles is 1. The van der Waals surface area contributed by atoms with E-state index >= 15 is 0 Å². The van der Waals surface area contributed by atoms with Gasteiger partial charge in [0.2, 0.25) is 0 Å². The molecule has 2 amide bonds. The van der Waals surface area contributed by atoms with Crippen LogP contribution < -0.4 is 4.90 Å². The summed E-state index contributed by atoms with van der Waals surface area (Å²) >= 11 is 0. The molecule has 45 heavy (non-hydrogen) atoms. The third-order valence-corrected chi connectivity index (χ3v) is 8.71. The van der Waals surface area contributed by atoms with Crippen LogP contribution in [-0.4, -0.2) is 16.4 Å². The van der Waals surface area contributed by atoms with Crippen LogP contribution in [0.2, 0.25) is 0 Å². The first kappa shape index (κ1) is 26.4. The maximum absolute atomic E-state index is 14.1. The Morgan fingerprint density at radius 3 is 2.07 bits per heavy atom. The van der Waals surface area contributed by atoms with Crippen LogP contribution in [0.1, 0.15) is 31.8 Å². The lowest BCUT2D eigenvalue weighted by molar-refractivity contribution is 0.0926. The SMILES string of the molecule is Cc1cc(C#N)ccc1-c1ccc2c(c1)c1ccccc1n2-c1cccc2c1C(=O)N(c1ccc(-c3ccccc3)cc1)C2=O. The predicted octanol–water partition coefficient (Wildman–Crippen LogP) is 9.10. The molecule has 0 saturated heterocycles. The number of para-hydroxylation sites is 1. The lowest BCUT2D eigenvalue weighted by Crippen LogP contribution is -2.29. The van der Waals surface area contributed by atoms with Gasteiger partial charge in [0, 0.05) is 10.8 Å². The summed E-state index contributed by atoms with van der Waals surface area (Å²) in [4.78, 5) is 29.2. The lowest BCUT2D eigenvalue weighted by Gasteiger charge is -2.15.